The molecule has 1 aromatic carbocycles. The molecule has 0 heterocycles. The largest absolute Gasteiger partial charge is 0.394 e. The zero-order valence-electron chi connectivity index (χ0n) is 8.50. The lowest BCUT2D eigenvalue weighted by molar-refractivity contribution is 0.237. The van der Waals surface area contributed by atoms with Gasteiger partial charge in [-0.1, -0.05) is 26.0 Å². The zero-order chi connectivity index (χ0) is 10.6. The van der Waals surface area contributed by atoms with E-state index in [4.69, 9.17) is 5.11 Å². The van der Waals surface area contributed by atoms with Gasteiger partial charge in [-0.3, -0.25) is 0 Å². The summed E-state index contributed by atoms with van der Waals surface area (Å²) in [7, 11) is 0. The first-order valence-electron chi connectivity index (χ1n) is 4.76. The molecule has 0 fully saturated rings. The third kappa shape index (κ3) is 3.09. The Bertz CT molecular complexity index is 271. The Balaban J connectivity index is 2.73. The summed E-state index contributed by atoms with van der Waals surface area (Å²) in [5, 5.41) is 12.3. The van der Waals surface area contributed by atoms with Gasteiger partial charge >= 0.3 is 0 Å². The lowest BCUT2D eigenvalue weighted by Crippen LogP contribution is -2.30. The monoisotopic (exact) mass is 197 g/mol. The summed E-state index contributed by atoms with van der Waals surface area (Å²) < 4.78 is 12.6. The highest BCUT2D eigenvalue weighted by molar-refractivity contribution is 5.20. The Morgan fingerprint density at radius 3 is 2.29 bits per heavy atom. The number of benzene rings is 1. The Morgan fingerprint density at radius 1 is 1.29 bits per heavy atom. The molecule has 2 nitrogen and oxygen atoms in total. The van der Waals surface area contributed by atoms with E-state index in [-0.39, 0.29) is 24.5 Å². The van der Waals surface area contributed by atoms with Gasteiger partial charge in [-0.25, -0.2) is 4.39 Å². The van der Waals surface area contributed by atoms with Crippen LogP contribution in [0.2, 0.25) is 0 Å². The van der Waals surface area contributed by atoms with Crippen LogP contribution in [0.3, 0.4) is 0 Å². The van der Waals surface area contributed by atoms with Crippen molar-refractivity contribution in [1.82, 2.24) is 5.32 Å². The number of nitrogens with one attached hydrogen (secondary N) is 1. The molecule has 1 aromatic rings. The average molecular weight is 197 g/mol. The van der Waals surface area contributed by atoms with Crippen LogP contribution < -0.4 is 5.32 Å². The first-order valence-corrected chi connectivity index (χ1v) is 4.76. The van der Waals surface area contributed by atoms with E-state index in [1.54, 1.807) is 12.1 Å². The third-order valence-electron chi connectivity index (χ3n) is 1.99. The number of aliphatic hydroxyl groups is 1. The van der Waals surface area contributed by atoms with E-state index in [0.29, 0.717) is 0 Å². The lowest BCUT2D eigenvalue weighted by atomic mass is 10.1. The average Bonchev–Trinajstić information content (AvgIpc) is 2.15. The Kier molecular flexibility index (Phi) is 4.04. The number of halogens is 1. The summed E-state index contributed by atoms with van der Waals surface area (Å²) >= 11 is 0. The van der Waals surface area contributed by atoms with E-state index in [9.17, 15) is 4.39 Å². The van der Waals surface area contributed by atoms with E-state index in [1.807, 2.05) is 13.8 Å². The SMILES string of the molecule is CC(C)NC(CO)c1ccc(F)cc1. The summed E-state index contributed by atoms with van der Waals surface area (Å²) in [6.45, 7) is 4.03. The minimum atomic E-state index is -0.255. The number of hydrogen-bond donors (Lipinski definition) is 2. The van der Waals surface area contributed by atoms with Crippen molar-refractivity contribution >= 4 is 0 Å². The van der Waals surface area contributed by atoms with Gasteiger partial charge in [-0.2, -0.15) is 0 Å². The number of hydrogen-bond acceptors (Lipinski definition) is 2. The summed E-state index contributed by atoms with van der Waals surface area (Å²) in [4.78, 5) is 0. The number of aliphatic hydroxyl groups excluding tert-OH is 1. The number of rotatable bonds is 4. The van der Waals surface area contributed by atoms with Crippen molar-refractivity contribution in [3.8, 4) is 0 Å². The Labute approximate surface area is 83.8 Å². The van der Waals surface area contributed by atoms with Crippen LogP contribution in [0.15, 0.2) is 24.3 Å². The second kappa shape index (κ2) is 5.08. The molecule has 0 aliphatic carbocycles. The normalized spacial score (nSPS) is 13.2. The second-order valence-corrected chi connectivity index (χ2v) is 3.61. The predicted octanol–water partition coefficient (Wildman–Crippen LogP) is 1.86. The van der Waals surface area contributed by atoms with Crippen LogP contribution in [0.4, 0.5) is 4.39 Å². The van der Waals surface area contributed by atoms with Gasteiger partial charge in [0.25, 0.3) is 0 Å². The van der Waals surface area contributed by atoms with Gasteiger partial charge in [0.1, 0.15) is 5.82 Å². The van der Waals surface area contributed by atoms with Gasteiger partial charge in [-0.05, 0) is 17.7 Å². The molecule has 78 valence electrons. The first kappa shape index (κ1) is 11.1. The molecule has 0 saturated carbocycles. The maximum atomic E-state index is 12.6. The van der Waals surface area contributed by atoms with E-state index in [1.165, 1.54) is 12.1 Å². The van der Waals surface area contributed by atoms with E-state index < -0.39 is 0 Å². The second-order valence-electron chi connectivity index (χ2n) is 3.61. The molecule has 0 aliphatic rings. The quantitative estimate of drug-likeness (QED) is 0.772. The van der Waals surface area contributed by atoms with Crippen LogP contribution in [0.1, 0.15) is 25.5 Å². The molecule has 1 unspecified atom stereocenters. The predicted molar refractivity (Wildman–Crippen MR) is 54.5 cm³/mol. The molecule has 0 saturated heterocycles. The summed E-state index contributed by atoms with van der Waals surface area (Å²) in [6.07, 6.45) is 0. The fraction of sp³-hybridized carbons (Fsp3) is 0.455. The maximum absolute atomic E-state index is 12.6. The third-order valence-corrected chi connectivity index (χ3v) is 1.99. The molecule has 0 bridgehead atoms. The Morgan fingerprint density at radius 2 is 1.86 bits per heavy atom. The molecule has 1 rings (SSSR count). The highest BCUT2D eigenvalue weighted by Crippen LogP contribution is 2.13. The lowest BCUT2D eigenvalue weighted by Gasteiger charge is -2.19. The molecule has 0 amide bonds. The van der Waals surface area contributed by atoms with Crippen LogP contribution >= 0.6 is 0 Å². The first-order chi connectivity index (χ1) is 6.63. The van der Waals surface area contributed by atoms with Gasteiger partial charge in [-0.15, -0.1) is 0 Å². The molecule has 0 radical (unpaired) electrons. The maximum Gasteiger partial charge on any atom is 0.123 e. The molecule has 2 N–H and O–H groups in total. The van der Waals surface area contributed by atoms with Crippen molar-refractivity contribution in [2.45, 2.75) is 25.9 Å². The van der Waals surface area contributed by atoms with Crippen molar-refractivity contribution in [3.63, 3.8) is 0 Å². The summed E-state index contributed by atoms with van der Waals surface area (Å²) in [5.41, 5.74) is 0.905. The van der Waals surface area contributed by atoms with E-state index in [0.717, 1.165) is 5.56 Å². The summed E-state index contributed by atoms with van der Waals surface area (Å²) in [6, 6.07) is 6.35. The van der Waals surface area contributed by atoms with Gasteiger partial charge in [0.05, 0.1) is 12.6 Å². The smallest absolute Gasteiger partial charge is 0.123 e. The minimum Gasteiger partial charge on any atom is -0.394 e. The standard InChI is InChI=1S/C11H16FNO/c1-8(2)13-11(7-14)9-3-5-10(12)6-4-9/h3-6,8,11,13-14H,7H2,1-2H3. The van der Waals surface area contributed by atoms with Gasteiger partial charge < -0.3 is 10.4 Å². The van der Waals surface area contributed by atoms with Crippen LogP contribution in [0.25, 0.3) is 0 Å². The van der Waals surface area contributed by atoms with Crippen molar-refractivity contribution in [3.05, 3.63) is 35.6 Å². The van der Waals surface area contributed by atoms with Crippen LogP contribution in [0.5, 0.6) is 0 Å². The van der Waals surface area contributed by atoms with Gasteiger partial charge in [0.2, 0.25) is 0 Å². The van der Waals surface area contributed by atoms with Crippen LogP contribution in [-0.2, 0) is 0 Å². The van der Waals surface area contributed by atoms with Gasteiger partial charge in [0.15, 0.2) is 0 Å². The molecule has 0 aromatic heterocycles. The molecular formula is C11H16FNO. The molecule has 3 heteroatoms. The molecule has 0 aliphatic heterocycles. The highest BCUT2D eigenvalue weighted by Gasteiger charge is 2.10. The van der Waals surface area contributed by atoms with E-state index in [2.05, 4.69) is 5.32 Å². The van der Waals surface area contributed by atoms with Crippen molar-refractivity contribution in [2.75, 3.05) is 6.61 Å². The minimum absolute atomic E-state index is 0.0177. The van der Waals surface area contributed by atoms with Crippen molar-refractivity contribution in [1.29, 1.82) is 0 Å². The topological polar surface area (TPSA) is 32.3 Å². The van der Waals surface area contributed by atoms with Crippen LogP contribution in [-0.4, -0.2) is 17.8 Å². The zero-order valence-corrected chi connectivity index (χ0v) is 8.50. The fourth-order valence-electron chi connectivity index (χ4n) is 1.35. The Hall–Kier alpha value is -0.930. The van der Waals surface area contributed by atoms with Crippen LogP contribution in [0, 0.1) is 5.82 Å². The van der Waals surface area contributed by atoms with Crippen molar-refractivity contribution < 1.29 is 9.50 Å². The molecular weight excluding hydrogens is 181 g/mol. The molecule has 0 spiro atoms. The highest BCUT2D eigenvalue weighted by atomic mass is 19.1. The molecule has 14 heavy (non-hydrogen) atoms. The summed E-state index contributed by atoms with van der Waals surface area (Å²) in [5.74, 6) is -0.255. The van der Waals surface area contributed by atoms with Gasteiger partial charge in [0, 0.05) is 6.04 Å². The van der Waals surface area contributed by atoms with E-state index >= 15 is 0 Å². The van der Waals surface area contributed by atoms with Crippen molar-refractivity contribution in [2.24, 2.45) is 0 Å². The molecule has 1 atom stereocenters. The fourth-order valence-corrected chi connectivity index (χ4v) is 1.35.